The molecule has 0 aliphatic carbocycles. The quantitative estimate of drug-likeness (QED) is 0.524. The molecule has 3 aromatic rings. The minimum Gasteiger partial charge on any atom is -0.487 e. The normalized spacial score (nSPS) is 13.0. The number of carbonyl (C=O) groups is 1. The summed E-state index contributed by atoms with van der Waals surface area (Å²) in [6.45, 7) is 4.52. The summed E-state index contributed by atoms with van der Waals surface area (Å²) in [5, 5.41) is 8.84. The largest absolute Gasteiger partial charge is 0.487 e. The van der Waals surface area contributed by atoms with Gasteiger partial charge in [-0.15, -0.1) is 0 Å². The van der Waals surface area contributed by atoms with E-state index in [1.807, 2.05) is 24.3 Å². The molecule has 4 rings (SSSR count). The number of ether oxygens (including phenoxy) is 1. The highest BCUT2D eigenvalue weighted by Gasteiger charge is 2.21. The number of hydrogen-bond donors (Lipinski definition) is 1. The van der Waals surface area contributed by atoms with Gasteiger partial charge in [0.15, 0.2) is 0 Å². The van der Waals surface area contributed by atoms with Gasteiger partial charge in [0.2, 0.25) is 0 Å². The predicted octanol–water partition coefficient (Wildman–Crippen LogP) is 5.54. The summed E-state index contributed by atoms with van der Waals surface area (Å²) < 4.78 is 6.28. The fourth-order valence-corrected chi connectivity index (χ4v) is 4.10. The Bertz CT molecular complexity index is 1030. The van der Waals surface area contributed by atoms with E-state index < -0.39 is 5.97 Å². The Morgan fingerprint density at radius 1 is 0.968 bits per heavy atom. The fraction of sp³-hybridized carbons (Fsp3) is 0.296. The highest BCUT2D eigenvalue weighted by Crippen LogP contribution is 2.37. The van der Waals surface area contributed by atoms with Crippen molar-refractivity contribution in [3.63, 3.8) is 0 Å². The average Bonchev–Trinajstić information content (AvgIpc) is 2.78. The van der Waals surface area contributed by atoms with Crippen molar-refractivity contribution < 1.29 is 14.6 Å². The summed E-state index contributed by atoms with van der Waals surface area (Å²) in [4.78, 5) is 13.2. The summed E-state index contributed by atoms with van der Waals surface area (Å²) in [6, 6.07) is 23.1. The molecule has 3 aromatic carbocycles. The third kappa shape index (κ3) is 5.46. The smallest absolute Gasteiger partial charge is 0.303 e. The maximum absolute atomic E-state index is 10.7. The first kappa shape index (κ1) is 21.0. The molecule has 1 aliphatic heterocycles. The second-order valence-electron chi connectivity index (χ2n) is 8.27. The highest BCUT2D eigenvalue weighted by molar-refractivity contribution is 5.67. The van der Waals surface area contributed by atoms with E-state index in [9.17, 15) is 4.79 Å². The number of benzene rings is 3. The van der Waals surface area contributed by atoms with Crippen molar-refractivity contribution in [1.29, 1.82) is 0 Å². The molecule has 160 valence electrons. The van der Waals surface area contributed by atoms with Crippen LogP contribution in [0.2, 0.25) is 0 Å². The molecule has 4 heteroatoms. The molecule has 0 atom stereocenters. The Hall–Kier alpha value is -3.27. The number of nitrogens with zero attached hydrogens (tertiary/aromatic N) is 1. The van der Waals surface area contributed by atoms with Gasteiger partial charge in [0.25, 0.3) is 0 Å². The van der Waals surface area contributed by atoms with E-state index in [-0.39, 0.29) is 6.42 Å². The molecule has 0 saturated carbocycles. The molecule has 0 fully saturated rings. The van der Waals surface area contributed by atoms with E-state index in [2.05, 4.69) is 54.3 Å². The van der Waals surface area contributed by atoms with E-state index in [0.717, 1.165) is 42.8 Å². The third-order valence-corrected chi connectivity index (χ3v) is 5.81. The molecule has 0 unspecified atom stereocenters. The zero-order valence-corrected chi connectivity index (χ0v) is 18.0. The Kier molecular flexibility index (Phi) is 6.56. The monoisotopic (exact) mass is 415 g/mol. The van der Waals surface area contributed by atoms with Crippen molar-refractivity contribution >= 4 is 11.7 Å². The summed E-state index contributed by atoms with van der Waals surface area (Å²) in [5.41, 5.74) is 7.27. The van der Waals surface area contributed by atoms with E-state index in [4.69, 9.17) is 9.84 Å². The zero-order valence-electron chi connectivity index (χ0n) is 18.0. The van der Waals surface area contributed by atoms with Gasteiger partial charge in [-0.25, -0.2) is 0 Å². The Labute approximate surface area is 184 Å². The van der Waals surface area contributed by atoms with Gasteiger partial charge >= 0.3 is 5.97 Å². The van der Waals surface area contributed by atoms with Crippen LogP contribution < -0.4 is 9.64 Å². The summed E-state index contributed by atoms with van der Waals surface area (Å²) in [5.74, 6) is 0.163. The summed E-state index contributed by atoms with van der Waals surface area (Å²) >= 11 is 0. The molecule has 0 saturated heterocycles. The Balaban J connectivity index is 1.47. The number of carboxylic acids is 1. The van der Waals surface area contributed by atoms with Crippen LogP contribution in [0.15, 0.2) is 66.7 Å². The van der Waals surface area contributed by atoms with Crippen LogP contribution in [0.5, 0.6) is 5.75 Å². The number of rotatable bonds is 8. The van der Waals surface area contributed by atoms with Gasteiger partial charge < -0.3 is 14.7 Å². The molecular weight excluding hydrogens is 386 g/mol. The molecule has 0 bridgehead atoms. The van der Waals surface area contributed by atoms with Crippen LogP contribution in [0.3, 0.4) is 0 Å². The van der Waals surface area contributed by atoms with Gasteiger partial charge in [-0.05, 0) is 54.5 Å². The molecule has 1 aliphatic rings. The summed E-state index contributed by atoms with van der Waals surface area (Å²) in [7, 11) is 0. The second-order valence-corrected chi connectivity index (χ2v) is 8.27. The van der Waals surface area contributed by atoms with Crippen LogP contribution in [0.25, 0.3) is 0 Å². The molecule has 0 radical (unpaired) electrons. The minimum absolute atomic E-state index is 0.156. The highest BCUT2D eigenvalue weighted by atomic mass is 16.5. The molecular formula is C27H29NO3. The molecule has 0 aromatic heterocycles. The average molecular weight is 416 g/mol. The van der Waals surface area contributed by atoms with Crippen LogP contribution in [0, 0.1) is 6.92 Å². The number of fused-ring (bicyclic) bond motifs is 1. The molecule has 31 heavy (non-hydrogen) atoms. The second kappa shape index (κ2) is 9.69. The maximum Gasteiger partial charge on any atom is 0.303 e. The van der Waals surface area contributed by atoms with Gasteiger partial charge in [-0.1, -0.05) is 66.2 Å². The number of anilines is 1. The van der Waals surface area contributed by atoms with Crippen molar-refractivity contribution in [2.75, 3.05) is 11.4 Å². The lowest BCUT2D eigenvalue weighted by Gasteiger charge is -2.33. The molecule has 4 nitrogen and oxygen atoms in total. The van der Waals surface area contributed by atoms with Crippen molar-refractivity contribution in [2.24, 2.45) is 0 Å². The maximum atomic E-state index is 10.7. The summed E-state index contributed by atoms with van der Waals surface area (Å²) in [6.07, 6.45) is 2.94. The zero-order chi connectivity index (χ0) is 21.6. The van der Waals surface area contributed by atoms with Crippen LogP contribution in [0.4, 0.5) is 5.69 Å². The Morgan fingerprint density at radius 3 is 2.42 bits per heavy atom. The van der Waals surface area contributed by atoms with Crippen molar-refractivity contribution in [3.8, 4) is 5.75 Å². The first-order valence-electron chi connectivity index (χ1n) is 10.9. The molecule has 1 heterocycles. The van der Waals surface area contributed by atoms with Gasteiger partial charge in [-0.2, -0.15) is 0 Å². The minimum atomic E-state index is -0.767. The van der Waals surface area contributed by atoms with Crippen LogP contribution in [0.1, 0.15) is 40.7 Å². The van der Waals surface area contributed by atoms with E-state index in [1.165, 1.54) is 22.4 Å². The molecule has 1 N–H and O–H groups in total. The fourth-order valence-electron chi connectivity index (χ4n) is 4.10. The van der Waals surface area contributed by atoms with Gasteiger partial charge in [0.05, 0.1) is 5.69 Å². The van der Waals surface area contributed by atoms with Gasteiger partial charge in [0.1, 0.15) is 12.4 Å². The van der Waals surface area contributed by atoms with Crippen molar-refractivity contribution in [2.45, 2.75) is 45.8 Å². The number of carboxylic acid groups (broad SMARTS) is 1. The van der Waals surface area contributed by atoms with Crippen molar-refractivity contribution in [1.82, 2.24) is 0 Å². The topological polar surface area (TPSA) is 49.8 Å². The SMILES string of the molecule is Cc1ccc(CN2CCCc3cccc(OCc4ccc(CCC(=O)O)cc4)c32)cc1. The lowest BCUT2D eigenvalue weighted by molar-refractivity contribution is -0.136. The van der Waals surface area contributed by atoms with E-state index in [1.54, 1.807) is 0 Å². The van der Waals surface area contributed by atoms with Crippen LogP contribution in [-0.4, -0.2) is 17.6 Å². The Morgan fingerprint density at radius 2 is 1.68 bits per heavy atom. The number of aryl methyl sites for hydroxylation is 3. The molecule has 0 spiro atoms. The number of hydrogen-bond acceptors (Lipinski definition) is 3. The molecule has 0 amide bonds. The predicted molar refractivity (Wildman–Crippen MR) is 124 cm³/mol. The van der Waals surface area contributed by atoms with Crippen LogP contribution >= 0.6 is 0 Å². The third-order valence-electron chi connectivity index (χ3n) is 5.81. The first-order valence-corrected chi connectivity index (χ1v) is 10.9. The van der Waals surface area contributed by atoms with Crippen molar-refractivity contribution in [3.05, 3.63) is 94.5 Å². The standard InChI is InChI=1S/C27H29NO3/c1-20-7-9-22(10-8-20)18-28-17-3-5-24-4-2-6-25(27(24)28)31-19-23-13-11-21(12-14-23)15-16-26(29)30/h2,4,6-14H,3,5,15-19H2,1H3,(H,29,30). The van der Waals surface area contributed by atoms with Gasteiger partial charge in [0, 0.05) is 19.5 Å². The number of para-hydroxylation sites is 1. The number of aliphatic carboxylic acids is 1. The van der Waals surface area contributed by atoms with Crippen LogP contribution in [-0.2, 0) is 30.8 Å². The lowest BCUT2D eigenvalue weighted by atomic mass is 10.00. The van der Waals surface area contributed by atoms with E-state index in [0.29, 0.717) is 13.0 Å². The van der Waals surface area contributed by atoms with Gasteiger partial charge in [-0.3, -0.25) is 4.79 Å². The first-order chi connectivity index (χ1) is 15.1. The lowest BCUT2D eigenvalue weighted by Crippen LogP contribution is -2.29. The van der Waals surface area contributed by atoms with E-state index >= 15 is 0 Å².